The van der Waals surface area contributed by atoms with E-state index in [0.717, 1.165) is 11.1 Å². The average Bonchev–Trinajstić information content (AvgIpc) is 2.47. The zero-order valence-electron chi connectivity index (χ0n) is 47.4. The number of carboxylic acids is 1. The Morgan fingerprint density at radius 3 is 1.81 bits per heavy atom. The maximum atomic E-state index is 14.7. The van der Waals surface area contributed by atoms with Crippen molar-refractivity contribution in [1.29, 1.82) is 0 Å². The molecule has 0 unspecified atom stereocenters. The number of hydrogen-bond donors (Lipinski definition) is 8. The second-order valence-corrected chi connectivity index (χ2v) is 21.4. The van der Waals surface area contributed by atoms with Crippen molar-refractivity contribution in [2.24, 2.45) is 5.92 Å². The topological polar surface area (TPSA) is 292 Å². The van der Waals surface area contributed by atoms with Gasteiger partial charge in [0.1, 0.15) is 53.9 Å². The fourth-order valence-corrected chi connectivity index (χ4v) is 10.2. The first kappa shape index (κ1) is 61.2. The Labute approximate surface area is 491 Å². The van der Waals surface area contributed by atoms with Gasteiger partial charge in [-0.05, 0) is 109 Å². The molecular weight excluding hydrogens is 1090 g/mol. The molecular formula is C65H69N7O13. The second kappa shape index (κ2) is 28.9. The molecule has 8 rings (SSSR count). The van der Waals surface area contributed by atoms with Crippen LogP contribution in [0.3, 0.4) is 0 Å². The van der Waals surface area contributed by atoms with Crippen molar-refractivity contribution in [3.63, 3.8) is 0 Å². The van der Waals surface area contributed by atoms with Crippen LogP contribution < -0.4 is 37.3 Å². The zero-order chi connectivity index (χ0) is 60.6. The first-order chi connectivity index (χ1) is 40.9. The molecule has 2 heterocycles. The molecule has 1 aliphatic carbocycles. The van der Waals surface area contributed by atoms with Crippen molar-refractivity contribution in [3.8, 4) is 28.2 Å². The van der Waals surface area contributed by atoms with Crippen LogP contribution in [0.25, 0.3) is 33.4 Å². The molecule has 0 aromatic heterocycles. The van der Waals surface area contributed by atoms with E-state index in [-0.39, 0.29) is 97.4 Å². The number of amides is 7. The normalized spacial score (nSPS) is 17.9. The van der Waals surface area contributed by atoms with Crippen LogP contribution in [0.2, 0.25) is 0 Å². The summed E-state index contributed by atoms with van der Waals surface area (Å²) in [5.41, 5.74) is 2.91. The highest BCUT2D eigenvalue weighted by Crippen LogP contribution is 2.42. The molecule has 20 heteroatoms. The van der Waals surface area contributed by atoms with E-state index in [0.29, 0.717) is 34.9 Å². The van der Waals surface area contributed by atoms with Gasteiger partial charge >= 0.3 is 12.1 Å². The Balaban J connectivity index is 1.03. The molecule has 1 fully saturated rings. The zero-order valence-corrected chi connectivity index (χ0v) is 47.4. The largest absolute Gasteiger partial charge is 0.508 e. The van der Waals surface area contributed by atoms with Crippen LogP contribution in [-0.2, 0) is 48.2 Å². The van der Waals surface area contributed by atoms with Crippen LogP contribution in [0, 0.1) is 5.92 Å². The molecule has 0 bridgehead atoms. The Hall–Kier alpha value is -9.85. The molecule has 1 saturated heterocycles. The molecule has 5 aromatic carbocycles. The molecule has 5 atom stereocenters. The molecule has 8 N–H and O–H groups in total. The number of alkyl carbamates (subject to hydrolysis) is 1. The lowest BCUT2D eigenvalue weighted by Crippen LogP contribution is -2.59. The summed E-state index contributed by atoms with van der Waals surface area (Å²) in [6.45, 7) is 3.79. The van der Waals surface area contributed by atoms with Gasteiger partial charge in [0.15, 0.2) is 5.43 Å². The summed E-state index contributed by atoms with van der Waals surface area (Å²) in [7, 11) is 1.47. The number of unbranched alkanes of at least 4 members (excludes halogenated alkanes) is 2. The Morgan fingerprint density at radius 1 is 0.612 bits per heavy atom. The highest BCUT2D eigenvalue weighted by atomic mass is 16.5. The number of carboxylic acid groups (broad SMARTS) is 1. The van der Waals surface area contributed by atoms with Crippen LogP contribution in [0.4, 0.5) is 4.79 Å². The molecule has 0 saturated carbocycles. The number of phenolic OH excluding ortho intramolecular Hbond substituents is 1. The lowest BCUT2D eigenvalue weighted by Gasteiger charge is -2.33. The van der Waals surface area contributed by atoms with Crippen molar-refractivity contribution < 1.29 is 57.7 Å². The first-order valence-corrected chi connectivity index (χ1v) is 28.3. The maximum Gasteiger partial charge on any atom is 0.407 e. The predicted molar refractivity (Wildman–Crippen MR) is 317 cm³/mol. The van der Waals surface area contributed by atoms with Crippen molar-refractivity contribution in [3.05, 3.63) is 184 Å². The van der Waals surface area contributed by atoms with E-state index in [1.165, 1.54) is 60.5 Å². The third-order valence-electron chi connectivity index (χ3n) is 14.9. The number of phenols is 1. The van der Waals surface area contributed by atoms with Gasteiger partial charge in [0.25, 0.3) is 5.91 Å². The van der Waals surface area contributed by atoms with Crippen LogP contribution >= 0.6 is 0 Å². The quantitative estimate of drug-likeness (QED) is 0.0285. The lowest BCUT2D eigenvalue weighted by molar-refractivity contribution is -0.143. The molecule has 7 amide bonds. The van der Waals surface area contributed by atoms with Gasteiger partial charge in [-0.3, -0.25) is 33.6 Å². The number of hydrogen-bond acceptors (Lipinski definition) is 12. The fraction of sp³-hybridized carbons (Fsp3) is 0.308. The van der Waals surface area contributed by atoms with Gasteiger partial charge in [0, 0.05) is 67.2 Å². The highest BCUT2D eigenvalue weighted by molar-refractivity contribution is 6.09. The third-order valence-corrected chi connectivity index (χ3v) is 14.9. The first-order valence-electron chi connectivity index (χ1n) is 28.3. The Morgan fingerprint density at radius 2 is 1.19 bits per heavy atom. The van der Waals surface area contributed by atoms with Gasteiger partial charge in [0.05, 0.1) is 5.56 Å². The third kappa shape index (κ3) is 16.2. The number of carbonyl (C=O) groups is 8. The summed E-state index contributed by atoms with van der Waals surface area (Å²) in [6.07, 6.45) is 0.671. The monoisotopic (exact) mass is 1160 g/mol. The Bertz CT molecular complexity index is 3560. The predicted octanol–water partition coefficient (Wildman–Crippen LogP) is 6.89. The van der Waals surface area contributed by atoms with Gasteiger partial charge in [-0.25, -0.2) is 9.59 Å². The van der Waals surface area contributed by atoms with E-state index in [4.69, 9.17) is 9.15 Å². The van der Waals surface area contributed by atoms with E-state index in [1.54, 1.807) is 56.3 Å². The lowest BCUT2D eigenvalue weighted by atomic mass is 9.89. The maximum absolute atomic E-state index is 14.7. The van der Waals surface area contributed by atoms with Gasteiger partial charge in [0.2, 0.25) is 29.5 Å². The number of aromatic carboxylic acids is 1. The van der Waals surface area contributed by atoms with Gasteiger partial charge < -0.3 is 56.2 Å². The number of fused-ring (bicyclic) bond motifs is 2. The summed E-state index contributed by atoms with van der Waals surface area (Å²) in [4.78, 5) is 126. The molecule has 0 spiro atoms. The number of nitrogens with one attached hydrogen (secondary N) is 6. The SMILES string of the molecule is CC(C)[C@@H]1NC(=O)[C@H](CCCCNC(=O)c2ccc(C(=O)O)c(-c3c4ccc(=O)cc-4oc4cc(O)ccc34)c2)NC(=O)[C@H](CCCCNC(=O)OCc2ccccc2)NC(=O)[C@H](Cc2ccccc2)NC(=O)[C@@H](Cc2ccccc2)N(C)C1=O. The summed E-state index contributed by atoms with van der Waals surface area (Å²) in [6, 6.07) is 33.6. The van der Waals surface area contributed by atoms with Gasteiger partial charge in [-0.2, -0.15) is 0 Å². The standard InChI is InChI=1S/C65H69N7O13/c1-39(2)57-63(80)72(3)53(34-41-19-9-5-10-20-41)62(79)70-52(33-40-17-7-4-8-18-40)61(78)69-50(23-14-16-32-67-65(83)84-38-42-21-11-6-12-22-42)59(76)68-51(60(77)71-57)24-13-15-31-66-58(75)43-25-28-46(64(81)82)49(35-43)56-47-29-26-44(73)36-54(47)85-55-37-45(74)27-30-48(55)56/h4-12,17-22,25-30,35-37,39,50-53,57,73H,13-16,23-24,31-34,38H2,1-3H3,(H,66,75)(H,67,83)(H,68,76)(H,69,78)(H,70,79)(H,71,77)(H,81,82)/t50-,51-,52-,53+,57-/m0/s1. The average molecular weight is 1160 g/mol. The van der Waals surface area contributed by atoms with E-state index < -0.39 is 83.6 Å². The summed E-state index contributed by atoms with van der Waals surface area (Å²) >= 11 is 0. The number of rotatable bonds is 20. The number of nitrogens with zero attached hydrogens (tertiary/aromatic N) is 1. The summed E-state index contributed by atoms with van der Waals surface area (Å²) in [5.74, 6) is -5.68. The molecule has 3 aliphatic rings. The van der Waals surface area contributed by atoms with E-state index >= 15 is 0 Å². The van der Waals surface area contributed by atoms with Crippen LogP contribution in [-0.4, -0.2) is 113 Å². The van der Waals surface area contributed by atoms with E-state index in [2.05, 4.69) is 31.9 Å². The molecule has 442 valence electrons. The van der Waals surface area contributed by atoms with Gasteiger partial charge in [-0.1, -0.05) is 105 Å². The molecule has 5 aromatic rings. The number of carbonyl (C=O) groups excluding carboxylic acids is 7. The number of benzene rings is 6. The molecule has 0 radical (unpaired) electrons. The number of ether oxygens (including phenoxy) is 1. The number of likely N-dealkylation sites (N-methyl/N-ethyl adjacent to an activating group) is 1. The van der Waals surface area contributed by atoms with Gasteiger partial charge in [-0.15, -0.1) is 0 Å². The second-order valence-electron chi connectivity index (χ2n) is 21.4. The van der Waals surface area contributed by atoms with E-state index in [9.17, 15) is 53.4 Å². The molecule has 20 nitrogen and oxygen atoms in total. The van der Waals surface area contributed by atoms with E-state index in [1.807, 2.05) is 54.6 Å². The van der Waals surface area contributed by atoms with Crippen LogP contribution in [0.5, 0.6) is 5.75 Å². The smallest absolute Gasteiger partial charge is 0.407 e. The summed E-state index contributed by atoms with van der Waals surface area (Å²) < 4.78 is 11.3. The fourth-order valence-electron chi connectivity index (χ4n) is 10.2. The molecule has 85 heavy (non-hydrogen) atoms. The Kier molecular flexibility index (Phi) is 20.8. The van der Waals surface area contributed by atoms with Crippen molar-refractivity contribution in [1.82, 2.24) is 36.8 Å². The van der Waals surface area contributed by atoms with Crippen molar-refractivity contribution >= 4 is 58.5 Å². The van der Waals surface area contributed by atoms with Crippen LogP contribution in [0.1, 0.15) is 89.8 Å². The van der Waals surface area contributed by atoms with Crippen molar-refractivity contribution in [2.45, 2.75) is 102 Å². The van der Waals surface area contributed by atoms with Crippen LogP contribution in [0.15, 0.2) is 155 Å². The highest BCUT2D eigenvalue weighted by Gasteiger charge is 2.38. The minimum Gasteiger partial charge on any atom is -0.508 e. The molecule has 2 aliphatic heterocycles. The van der Waals surface area contributed by atoms with Crippen molar-refractivity contribution in [2.75, 3.05) is 20.1 Å². The number of aromatic hydroxyl groups is 1. The summed E-state index contributed by atoms with van der Waals surface area (Å²) in [5, 5.41) is 38.1. The minimum absolute atomic E-state index is 0.00255. The minimum atomic E-state index is -1.28.